The van der Waals surface area contributed by atoms with E-state index in [0.717, 1.165) is 0 Å². The van der Waals surface area contributed by atoms with Gasteiger partial charge in [0.1, 0.15) is 12.2 Å². The van der Waals surface area contributed by atoms with Crippen LogP contribution in [-0.2, 0) is 56.6 Å². The van der Waals surface area contributed by atoms with Crippen LogP contribution in [0.25, 0.3) is 0 Å². The Morgan fingerprint density at radius 2 is 1.04 bits per heavy atom. The monoisotopic (exact) mass is 775 g/mol. The Morgan fingerprint density at radius 3 is 1.44 bits per heavy atom. The molecule has 0 aromatic carbocycles. The van der Waals surface area contributed by atoms with Crippen LogP contribution in [0.5, 0.6) is 0 Å². The number of aliphatic hydroxyl groups is 2. The lowest BCUT2D eigenvalue weighted by atomic mass is 9.73. The quantitative estimate of drug-likeness (QED) is 0.205. The molecule has 8 aliphatic heterocycles. The third-order valence-corrected chi connectivity index (χ3v) is 14.3. The summed E-state index contributed by atoms with van der Waals surface area (Å²) in [6, 6.07) is 0. The minimum atomic E-state index is -3.42. The molecule has 2 N–H and O–H groups in total. The van der Waals surface area contributed by atoms with Crippen LogP contribution in [0.15, 0.2) is 24.3 Å². The molecule has 15 heteroatoms. The van der Waals surface area contributed by atoms with Crippen LogP contribution in [0.2, 0.25) is 0 Å². The van der Waals surface area contributed by atoms with Gasteiger partial charge in [0.25, 0.3) is 0 Å². The number of carbonyl (C=O) groups excluding carboxylic acids is 2. The van der Waals surface area contributed by atoms with Crippen LogP contribution in [0.3, 0.4) is 0 Å². The fourth-order valence-corrected chi connectivity index (χ4v) is 10.1. The number of esters is 2. The van der Waals surface area contributed by atoms with E-state index in [-0.39, 0.29) is 12.2 Å². The van der Waals surface area contributed by atoms with Gasteiger partial charge >= 0.3 is 18.9 Å². The number of rotatable bonds is 0. The van der Waals surface area contributed by atoms with Crippen molar-refractivity contribution in [2.75, 3.05) is 0 Å². The molecule has 6 saturated heterocycles. The summed E-state index contributed by atoms with van der Waals surface area (Å²) in [6.45, 7) is 11.8. The SMILES string of the molecule is CC1OC2C=CCC(O)C(C)(C)C3CCC(C)C4(O3)O[B-]35OC(C(=O)OC1C2)C1(OC(CCC1C)C(C)(C)C(O)CC=CC1CC(OC(=O)C4O3)C(C)O1)O5. The van der Waals surface area contributed by atoms with E-state index in [2.05, 4.69) is 0 Å². The molecule has 55 heavy (non-hydrogen) atoms. The molecule has 0 aromatic heterocycles. The number of aliphatic hydroxyl groups excluding tert-OH is 2. The number of fused-ring (bicyclic) bond motifs is 8. The second kappa shape index (κ2) is 14.1. The zero-order chi connectivity index (χ0) is 39.3. The number of hydrogen-bond donors (Lipinski definition) is 2. The Kier molecular flexibility index (Phi) is 10.2. The van der Waals surface area contributed by atoms with Crippen LogP contribution in [0.4, 0.5) is 0 Å². The largest absolute Gasteiger partial charge is 0.536 e. The van der Waals surface area contributed by atoms with Crippen molar-refractivity contribution in [3.05, 3.63) is 24.3 Å². The van der Waals surface area contributed by atoms with Gasteiger partial charge in [-0.3, -0.25) is 0 Å². The molecule has 6 fully saturated rings. The fraction of sp³-hybridized carbons (Fsp3) is 0.850. The molecule has 0 amide bonds. The molecule has 308 valence electrons. The maximum Gasteiger partial charge on any atom is 0.536 e. The number of carbonyl (C=O) groups is 2. The molecule has 0 radical (unpaired) electrons. The van der Waals surface area contributed by atoms with Crippen molar-refractivity contribution in [1.82, 2.24) is 0 Å². The number of hydrogen-bond acceptors (Lipinski definition) is 14. The van der Waals surface area contributed by atoms with Crippen molar-refractivity contribution >= 4 is 18.9 Å². The van der Waals surface area contributed by atoms with Crippen molar-refractivity contribution in [3.8, 4) is 0 Å². The summed E-state index contributed by atoms with van der Waals surface area (Å²) >= 11 is 0. The van der Waals surface area contributed by atoms with Gasteiger partial charge in [0.2, 0.25) is 0 Å². The zero-order valence-corrected chi connectivity index (χ0v) is 33.4. The summed E-state index contributed by atoms with van der Waals surface area (Å²) in [7, 11) is 0. The van der Waals surface area contributed by atoms with E-state index >= 15 is 0 Å². The maximum absolute atomic E-state index is 14.6. The Hall–Kier alpha value is -1.92. The predicted molar refractivity (Wildman–Crippen MR) is 194 cm³/mol. The van der Waals surface area contributed by atoms with Gasteiger partial charge < -0.3 is 57.3 Å². The van der Waals surface area contributed by atoms with Crippen LogP contribution >= 0.6 is 0 Å². The van der Waals surface area contributed by atoms with Gasteiger partial charge in [-0.1, -0.05) is 65.8 Å². The summed E-state index contributed by atoms with van der Waals surface area (Å²) in [5.74, 6) is -6.02. The molecular weight excluding hydrogens is 715 g/mol. The van der Waals surface area contributed by atoms with Gasteiger partial charge in [0.05, 0.1) is 48.8 Å². The average molecular weight is 776 g/mol. The van der Waals surface area contributed by atoms with Gasteiger partial charge in [0.15, 0.2) is 23.8 Å². The molecule has 0 saturated carbocycles. The van der Waals surface area contributed by atoms with Gasteiger partial charge in [0, 0.05) is 35.5 Å². The van der Waals surface area contributed by atoms with E-state index in [9.17, 15) is 19.8 Å². The molecular formula is C40H60BO14-. The normalized spacial score (nSPS) is 52.1. The highest BCUT2D eigenvalue weighted by atomic mass is 17.0. The Morgan fingerprint density at radius 1 is 0.636 bits per heavy atom. The van der Waals surface area contributed by atoms with Crippen molar-refractivity contribution in [1.29, 1.82) is 0 Å². The summed E-state index contributed by atoms with van der Waals surface area (Å²) in [6.07, 6.45) is 2.49. The molecule has 3 spiro atoms. The van der Waals surface area contributed by atoms with Gasteiger partial charge in [-0.2, -0.15) is 0 Å². The molecule has 8 aliphatic rings. The van der Waals surface area contributed by atoms with Crippen LogP contribution < -0.4 is 0 Å². The first-order valence-electron chi connectivity index (χ1n) is 20.5. The first-order valence-corrected chi connectivity index (χ1v) is 20.5. The molecule has 0 aromatic rings. The minimum Gasteiger partial charge on any atom is -0.504 e. The zero-order valence-electron chi connectivity index (χ0n) is 33.4. The van der Waals surface area contributed by atoms with Crippen LogP contribution in [0.1, 0.15) is 107 Å². The van der Waals surface area contributed by atoms with E-state index in [1.165, 1.54) is 0 Å². The molecule has 8 heterocycles. The van der Waals surface area contributed by atoms with Gasteiger partial charge in [-0.25, -0.2) is 9.59 Å². The van der Waals surface area contributed by atoms with E-state index in [1.54, 1.807) is 0 Å². The second-order valence-corrected chi connectivity index (χ2v) is 18.6. The van der Waals surface area contributed by atoms with Crippen molar-refractivity contribution in [3.63, 3.8) is 0 Å². The van der Waals surface area contributed by atoms with Crippen molar-refractivity contribution in [2.24, 2.45) is 22.7 Å². The maximum atomic E-state index is 14.6. The van der Waals surface area contributed by atoms with E-state index in [4.69, 9.17) is 47.0 Å². The third kappa shape index (κ3) is 6.66. The lowest BCUT2D eigenvalue weighted by molar-refractivity contribution is -0.310. The first-order chi connectivity index (χ1) is 25.9. The Labute approximate surface area is 323 Å². The second-order valence-electron chi connectivity index (χ2n) is 18.6. The summed E-state index contributed by atoms with van der Waals surface area (Å²) in [5.41, 5.74) is -1.64. The molecule has 11 bridgehead atoms. The Bertz CT molecular complexity index is 1440. The van der Waals surface area contributed by atoms with E-state index < -0.39 is 114 Å². The molecule has 8 rings (SSSR count). The van der Waals surface area contributed by atoms with Gasteiger partial charge in [-0.15, -0.1) is 0 Å². The van der Waals surface area contributed by atoms with Crippen molar-refractivity contribution < 1.29 is 66.8 Å². The van der Waals surface area contributed by atoms with Crippen LogP contribution in [0, 0.1) is 22.7 Å². The van der Waals surface area contributed by atoms with Gasteiger partial charge in [-0.05, 0) is 52.4 Å². The lowest BCUT2D eigenvalue weighted by Crippen LogP contribution is -2.61. The van der Waals surface area contributed by atoms with Crippen molar-refractivity contribution in [2.45, 2.75) is 192 Å². The Balaban J connectivity index is 1.27. The highest BCUT2D eigenvalue weighted by Crippen LogP contribution is 2.57. The van der Waals surface area contributed by atoms with E-state index in [1.807, 2.05) is 79.7 Å². The first kappa shape index (κ1) is 39.9. The molecule has 16 unspecified atom stereocenters. The fourth-order valence-electron chi connectivity index (χ4n) is 10.1. The topological polar surface area (TPSA) is 167 Å². The summed E-state index contributed by atoms with van der Waals surface area (Å²) < 4.78 is 65.8. The third-order valence-electron chi connectivity index (χ3n) is 14.3. The van der Waals surface area contributed by atoms with Crippen LogP contribution in [-0.4, -0.2) is 114 Å². The average Bonchev–Trinajstić information content (AvgIpc) is 3.84. The summed E-state index contributed by atoms with van der Waals surface area (Å²) in [5, 5.41) is 23.3. The minimum absolute atomic E-state index is 0.318. The molecule has 16 atom stereocenters. The standard InChI is InChI=1S/C40H60BO14/c1-21-15-17-31-37(5,6)29(42)13-9-11-26-20-28(24(4)47-26)49-36(45)34-40-22(2)16-18-32(51-40)38(7,8)30(43)14-10-12-25-19-27(23(3)46-25)48-35(44)33-39(21,50-31)54-41(52-33,53-34)55-40/h9-12,21-34,42-43H,13-20H2,1-8H3/q-1. The number of ether oxygens (including phenoxy) is 6. The molecule has 0 aliphatic carbocycles. The molecule has 14 nitrogen and oxygen atoms in total. The van der Waals surface area contributed by atoms with E-state index in [0.29, 0.717) is 51.4 Å². The lowest BCUT2D eigenvalue weighted by Gasteiger charge is -2.52. The highest BCUT2D eigenvalue weighted by molar-refractivity contribution is 6.56. The highest BCUT2D eigenvalue weighted by Gasteiger charge is 2.73. The predicted octanol–water partition coefficient (Wildman–Crippen LogP) is 4.15. The smallest absolute Gasteiger partial charge is 0.504 e. The summed E-state index contributed by atoms with van der Waals surface area (Å²) in [4.78, 5) is 29.2.